The second-order valence-corrected chi connectivity index (χ2v) is 7.17. The number of amides is 1. The lowest BCUT2D eigenvalue weighted by atomic mass is 10.2. The van der Waals surface area contributed by atoms with E-state index in [0.717, 1.165) is 11.3 Å². The number of nitrogens with one attached hydrogen (secondary N) is 2. The smallest absolute Gasteiger partial charge is 0.238 e. The zero-order valence-electron chi connectivity index (χ0n) is 12.2. The molecule has 108 valence electrons. The molecule has 0 atom stereocenters. The monoisotopic (exact) mass is 302 g/mol. The van der Waals surface area contributed by atoms with Gasteiger partial charge in [-0.1, -0.05) is 20.8 Å². The highest BCUT2D eigenvalue weighted by molar-refractivity contribution is 8.00. The predicted octanol–water partition coefficient (Wildman–Crippen LogP) is 3.47. The van der Waals surface area contributed by atoms with Crippen molar-refractivity contribution in [3.05, 3.63) is 23.8 Å². The van der Waals surface area contributed by atoms with E-state index in [4.69, 9.17) is 0 Å². The maximum absolute atomic E-state index is 11.5. The number of likely N-dealkylation sites (N-methyl/N-ethyl adjacent to an activating group) is 1. The molecule has 0 aliphatic heterocycles. The summed E-state index contributed by atoms with van der Waals surface area (Å²) < 4.78 is 0.198. The Morgan fingerprint density at radius 1 is 1.32 bits per heavy atom. The molecule has 1 aromatic rings. The van der Waals surface area contributed by atoms with Gasteiger partial charge in [0.15, 0.2) is 0 Å². The fourth-order valence-corrected chi connectivity index (χ4v) is 2.63. The van der Waals surface area contributed by atoms with Gasteiger partial charge >= 0.3 is 0 Å². The third-order valence-corrected chi connectivity index (χ3v) is 3.34. The number of hydrogen-bond donors (Lipinski definition) is 2. The second-order valence-electron chi connectivity index (χ2n) is 5.27. The van der Waals surface area contributed by atoms with Crippen LogP contribution < -0.4 is 10.6 Å². The van der Waals surface area contributed by atoms with E-state index in [2.05, 4.69) is 43.5 Å². The van der Waals surface area contributed by atoms with Gasteiger partial charge in [-0.25, -0.2) is 0 Å². The second kappa shape index (κ2) is 7.78. The molecular weight excluding hydrogens is 280 g/mol. The molecule has 2 N–H and O–H groups in total. The molecule has 1 rings (SSSR count). The van der Waals surface area contributed by atoms with Gasteiger partial charge in [0.25, 0.3) is 0 Å². The van der Waals surface area contributed by atoms with Crippen molar-refractivity contribution >= 4 is 35.8 Å². The summed E-state index contributed by atoms with van der Waals surface area (Å²) in [6.07, 6.45) is 0. The molecule has 19 heavy (non-hydrogen) atoms. The van der Waals surface area contributed by atoms with Gasteiger partial charge in [0, 0.05) is 15.3 Å². The van der Waals surface area contributed by atoms with Crippen LogP contribution in [0, 0.1) is 6.92 Å². The summed E-state index contributed by atoms with van der Waals surface area (Å²) >= 11 is 1.83. The van der Waals surface area contributed by atoms with E-state index in [1.165, 1.54) is 4.90 Å². The van der Waals surface area contributed by atoms with Crippen molar-refractivity contribution in [1.29, 1.82) is 0 Å². The Balaban J connectivity index is 0.00000324. The number of carbonyl (C=O) groups excluding carboxylic acids is 1. The largest absolute Gasteiger partial charge is 0.325 e. The third kappa shape index (κ3) is 6.85. The van der Waals surface area contributed by atoms with Crippen LogP contribution in [0.4, 0.5) is 5.69 Å². The Labute approximate surface area is 126 Å². The van der Waals surface area contributed by atoms with Crippen molar-refractivity contribution in [2.75, 3.05) is 18.9 Å². The number of carbonyl (C=O) groups is 1. The van der Waals surface area contributed by atoms with Crippen LogP contribution in [0.2, 0.25) is 0 Å². The van der Waals surface area contributed by atoms with Crippen LogP contribution in [0.3, 0.4) is 0 Å². The summed E-state index contributed by atoms with van der Waals surface area (Å²) in [6.45, 7) is 8.92. The maximum atomic E-state index is 11.5. The van der Waals surface area contributed by atoms with Gasteiger partial charge in [-0.2, -0.15) is 0 Å². The van der Waals surface area contributed by atoms with Crippen LogP contribution in [-0.2, 0) is 4.79 Å². The van der Waals surface area contributed by atoms with Crippen LogP contribution in [0.1, 0.15) is 26.3 Å². The van der Waals surface area contributed by atoms with E-state index in [0.29, 0.717) is 6.54 Å². The molecule has 5 heteroatoms. The van der Waals surface area contributed by atoms with Crippen molar-refractivity contribution in [2.45, 2.75) is 37.3 Å². The molecule has 0 aromatic heterocycles. The summed E-state index contributed by atoms with van der Waals surface area (Å²) in [5.41, 5.74) is 1.97. The summed E-state index contributed by atoms with van der Waals surface area (Å²) in [7, 11) is 1.76. The Morgan fingerprint density at radius 3 is 2.42 bits per heavy atom. The lowest BCUT2D eigenvalue weighted by Crippen LogP contribution is -2.25. The average molecular weight is 303 g/mol. The molecule has 0 radical (unpaired) electrons. The predicted molar refractivity (Wildman–Crippen MR) is 86.6 cm³/mol. The van der Waals surface area contributed by atoms with Gasteiger partial charge in [0.05, 0.1) is 6.54 Å². The zero-order chi connectivity index (χ0) is 13.8. The van der Waals surface area contributed by atoms with Crippen LogP contribution in [-0.4, -0.2) is 24.2 Å². The number of rotatable bonds is 4. The van der Waals surface area contributed by atoms with Crippen molar-refractivity contribution in [2.24, 2.45) is 0 Å². The van der Waals surface area contributed by atoms with Gasteiger partial charge in [-0.15, -0.1) is 24.2 Å². The van der Waals surface area contributed by atoms with E-state index in [-0.39, 0.29) is 23.1 Å². The Hall–Kier alpha value is -0.710. The summed E-state index contributed by atoms with van der Waals surface area (Å²) in [6, 6.07) is 6.14. The van der Waals surface area contributed by atoms with Gasteiger partial charge in [-0.3, -0.25) is 4.79 Å². The van der Waals surface area contributed by atoms with E-state index >= 15 is 0 Å². The minimum Gasteiger partial charge on any atom is -0.325 e. The molecule has 3 nitrogen and oxygen atoms in total. The highest BCUT2D eigenvalue weighted by Gasteiger charge is 2.13. The summed E-state index contributed by atoms with van der Waals surface area (Å²) in [5.74, 6) is -0.0168. The first-order valence-corrected chi connectivity index (χ1v) is 6.87. The average Bonchev–Trinajstić information content (AvgIpc) is 2.20. The first-order chi connectivity index (χ1) is 8.31. The van der Waals surface area contributed by atoms with E-state index in [1.807, 2.05) is 24.8 Å². The van der Waals surface area contributed by atoms with Crippen LogP contribution in [0.15, 0.2) is 23.1 Å². The lowest BCUT2D eigenvalue weighted by Gasteiger charge is -2.18. The minimum absolute atomic E-state index is 0. The molecule has 0 heterocycles. The van der Waals surface area contributed by atoms with Gasteiger partial charge in [-0.05, 0) is 37.7 Å². The standard InChI is InChI=1S/C14H22N2OS.ClH/c1-10-8-11(18-14(2,3)4)6-7-12(10)16-13(17)9-15-5;/h6-8,15H,9H2,1-5H3,(H,16,17);1H. The van der Waals surface area contributed by atoms with Crippen molar-refractivity contribution in [1.82, 2.24) is 5.32 Å². The molecule has 0 bridgehead atoms. The van der Waals surface area contributed by atoms with Crippen LogP contribution in [0.25, 0.3) is 0 Å². The fraction of sp³-hybridized carbons (Fsp3) is 0.500. The maximum Gasteiger partial charge on any atom is 0.238 e. The van der Waals surface area contributed by atoms with Gasteiger partial charge in [0.1, 0.15) is 0 Å². The first-order valence-electron chi connectivity index (χ1n) is 6.06. The fourth-order valence-electron chi connectivity index (χ4n) is 1.55. The van der Waals surface area contributed by atoms with E-state index in [9.17, 15) is 4.79 Å². The molecule has 0 spiro atoms. The summed E-state index contributed by atoms with van der Waals surface area (Å²) in [4.78, 5) is 12.7. The number of benzene rings is 1. The Bertz CT molecular complexity index is 430. The highest BCUT2D eigenvalue weighted by Crippen LogP contribution is 2.33. The molecular formula is C14H23ClN2OS. The van der Waals surface area contributed by atoms with Crippen LogP contribution in [0.5, 0.6) is 0 Å². The first kappa shape index (κ1) is 18.3. The number of halogens is 1. The number of anilines is 1. The normalized spacial score (nSPS) is 10.8. The highest BCUT2D eigenvalue weighted by atomic mass is 35.5. The number of thioether (sulfide) groups is 1. The molecule has 1 aromatic carbocycles. The van der Waals surface area contributed by atoms with Crippen molar-refractivity contribution < 1.29 is 4.79 Å². The molecule has 0 fully saturated rings. The third-order valence-electron chi connectivity index (χ3n) is 2.23. The topological polar surface area (TPSA) is 41.1 Å². The molecule has 0 aliphatic rings. The zero-order valence-corrected chi connectivity index (χ0v) is 13.8. The minimum atomic E-state index is -0.0168. The molecule has 0 aliphatic carbocycles. The van der Waals surface area contributed by atoms with E-state index < -0.39 is 0 Å². The Kier molecular flexibility index (Phi) is 7.49. The number of aryl methyl sites for hydroxylation is 1. The lowest BCUT2D eigenvalue weighted by molar-refractivity contribution is -0.115. The van der Waals surface area contributed by atoms with E-state index in [1.54, 1.807) is 7.05 Å². The molecule has 1 amide bonds. The van der Waals surface area contributed by atoms with Crippen molar-refractivity contribution in [3.63, 3.8) is 0 Å². The van der Waals surface area contributed by atoms with Crippen LogP contribution >= 0.6 is 24.2 Å². The van der Waals surface area contributed by atoms with Gasteiger partial charge in [0.2, 0.25) is 5.91 Å². The molecule has 0 unspecified atom stereocenters. The SMILES string of the molecule is CNCC(=O)Nc1ccc(SC(C)(C)C)cc1C.Cl. The quantitative estimate of drug-likeness (QED) is 0.837. The Morgan fingerprint density at radius 2 is 1.95 bits per heavy atom. The molecule has 0 saturated carbocycles. The van der Waals surface area contributed by atoms with Gasteiger partial charge < -0.3 is 10.6 Å². The number of hydrogen-bond acceptors (Lipinski definition) is 3. The summed E-state index contributed by atoms with van der Waals surface area (Å²) in [5, 5.41) is 5.72. The van der Waals surface area contributed by atoms with Crippen molar-refractivity contribution in [3.8, 4) is 0 Å². The molecule has 0 saturated heterocycles.